The van der Waals surface area contributed by atoms with E-state index in [1.165, 1.54) is 0 Å². The van der Waals surface area contributed by atoms with Crippen LogP contribution in [0.1, 0.15) is 17.5 Å². The van der Waals surface area contributed by atoms with E-state index < -0.39 is 15.7 Å². The molecule has 0 aliphatic carbocycles. The van der Waals surface area contributed by atoms with Crippen LogP contribution in [0.3, 0.4) is 0 Å². The quantitative estimate of drug-likeness (QED) is 0.813. The summed E-state index contributed by atoms with van der Waals surface area (Å²) in [7, 11) is -3.10. The van der Waals surface area contributed by atoms with Gasteiger partial charge in [0, 0.05) is 0 Å². The minimum atomic E-state index is -3.10. The Labute approximate surface area is 94.4 Å². The molecule has 0 saturated heterocycles. The van der Waals surface area contributed by atoms with E-state index in [-0.39, 0.29) is 12.2 Å². The molecule has 1 aliphatic heterocycles. The van der Waals surface area contributed by atoms with E-state index in [0.29, 0.717) is 11.3 Å². The molecule has 2 rings (SSSR count). The van der Waals surface area contributed by atoms with Crippen LogP contribution in [0.2, 0.25) is 0 Å². The third-order valence-electron chi connectivity index (χ3n) is 2.70. The predicted octanol–water partition coefficient (Wildman–Crippen LogP) is 0.434. The number of fused-ring (bicyclic) bond motifs is 1. The van der Waals surface area contributed by atoms with Gasteiger partial charge in [-0.1, -0.05) is 12.1 Å². The van der Waals surface area contributed by atoms with Gasteiger partial charge in [0.2, 0.25) is 5.91 Å². The van der Waals surface area contributed by atoms with Crippen molar-refractivity contribution >= 4 is 15.7 Å². The molecule has 0 radical (unpaired) electrons. The number of benzene rings is 1. The van der Waals surface area contributed by atoms with E-state index in [9.17, 15) is 13.2 Å². The van der Waals surface area contributed by atoms with E-state index in [2.05, 4.69) is 0 Å². The van der Waals surface area contributed by atoms with E-state index in [4.69, 9.17) is 5.73 Å². The third kappa shape index (κ3) is 2.09. The second kappa shape index (κ2) is 3.90. The molecule has 1 amide bonds. The average molecular weight is 239 g/mol. The largest absolute Gasteiger partial charge is 0.369 e. The van der Waals surface area contributed by atoms with Crippen molar-refractivity contribution in [2.75, 3.05) is 5.75 Å². The highest BCUT2D eigenvalue weighted by atomic mass is 32.2. The van der Waals surface area contributed by atoms with Crippen molar-refractivity contribution in [3.05, 3.63) is 29.3 Å². The number of carbonyl (C=O) groups excluding carboxylic acids is 1. The summed E-state index contributed by atoms with van der Waals surface area (Å²) in [6.07, 6.45) is 1.56. The Morgan fingerprint density at radius 3 is 2.81 bits per heavy atom. The van der Waals surface area contributed by atoms with Crippen molar-refractivity contribution in [2.24, 2.45) is 5.73 Å². The summed E-state index contributed by atoms with van der Waals surface area (Å²) in [6, 6.07) is 5.02. The minimum absolute atomic E-state index is 0.160. The fourth-order valence-electron chi connectivity index (χ4n) is 2.01. The van der Waals surface area contributed by atoms with Crippen molar-refractivity contribution in [3.63, 3.8) is 0 Å². The number of nitrogens with two attached hydrogens (primary N) is 1. The number of amides is 1. The Kier molecular flexibility index (Phi) is 2.71. The molecule has 4 nitrogen and oxygen atoms in total. The first-order valence-electron chi connectivity index (χ1n) is 5.12. The zero-order valence-electron chi connectivity index (χ0n) is 8.77. The molecule has 0 fully saturated rings. The summed E-state index contributed by atoms with van der Waals surface area (Å²) in [6.45, 7) is 0. The molecule has 5 heteroatoms. The Morgan fingerprint density at radius 1 is 1.38 bits per heavy atom. The highest BCUT2D eigenvalue weighted by molar-refractivity contribution is 7.91. The van der Waals surface area contributed by atoms with Crippen molar-refractivity contribution in [2.45, 2.75) is 24.2 Å². The number of rotatable bonds is 2. The summed E-state index contributed by atoms with van der Waals surface area (Å²) in [4.78, 5) is 11.2. The molecule has 0 atom stereocenters. The predicted molar refractivity (Wildman–Crippen MR) is 59.7 cm³/mol. The van der Waals surface area contributed by atoms with Crippen LogP contribution >= 0.6 is 0 Å². The molecule has 0 spiro atoms. The van der Waals surface area contributed by atoms with Gasteiger partial charge in [0.1, 0.15) is 0 Å². The molecular weight excluding hydrogens is 226 g/mol. The van der Waals surface area contributed by atoms with Gasteiger partial charge < -0.3 is 5.73 Å². The number of hydrogen-bond donors (Lipinski definition) is 1. The highest BCUT2D eigenvalue weighted by Gasteiger charge is 2.23. The molecule has 2 N–H and O–H groups in total. The van der Waals surface area contributed by atoms with Crippen LogP contribution in [0.4, 0.5) is 0 Å². The lowest BCUT2D eigenvalue weighted by Crippen LogP contribution is -2.18. The van der Waals surface area contributed by atoms with Crippen molar-refractivity contribution in [1.82, 2.24) is 0 Å². The first-order valence-corrected chi connectivity index (χ1v) is 6.77. The molecule has 16 heavy (non-hydrogen) atoms. The summed E-state index contributed by atoms with van der Waals surface area (Å²) in [5.41, 5.74) is 6.69. The van der Waals surface area contributed by atoms with Gasteiger partial charge in [-0.05, 0) is 30.0 Å². The molecule has 1 aromatic rings. The van der Waals surface area contributed by atoms with Crippen molar-refractivity contribution in [3.8, 4) is 0 Å². The highest BCUT2D eigenvalue weighted by Crippen LogP contribution is 2.25. The molecule has 1 aliphatic rings. The fourth-order valence-corrected chi connectivity index (χ4v) is 3.59. The van der Waals surface area contributed by atoms with Gasteiger partial charge in [0.15, 0.2) is 9.84 Å². The van der Waals surface area contributed by atoms with E-state index in [1.807, 2.05) is 0 Å². The van der Waals surface area contributed by atoms with Gasteiger partial charge in [0.05, 0.1) is 17.1 Å². The van der Waals surface area contributed by atoms with Crippen LogP contribution in [0, 0.1) is 0 Å². The topological polar surface area (TPSA) is 77.2 Å². The van der Waals surface area contributed by atoms with Crippen LogP contribution in [-0.4, -0.2) is 20.1 Å². The first-order chi connectivity index (χ1) is 7.49. The van der Waals surface area contributed by atoms with Crippen LogP contribution in [-0.2, 0) is 27.5 Å². The molecule has 0 bridgehead atoms. The Morgan fingerprint density at radius 2 is 2.12 bits per heavy atom. The van der Waals surface area contributed by atoms with Gasteiger partial charge >= 0.3 is 0 Å². The molecule has 1 aromatic carbocycles. The van der Waals surface area contributed by atoms with Crippen LogP contribution < -0.4 is 5.73 Å². The minimum Gasteiger partial charge on any atom is -0.369 e. The maximum Gasteiger partial charge on any atom is 0.221 e. The van der Waals surface area contributed by atoms with Crippen molar-refractivity contribution in [1.29, 1.82) is 0 Å². The SMILES string of the molecule is NC(=O)Cc1ccc2c(c1)CCCS2(=O)=O. The lowest BCUT2D eigenvalue weighted by atomic mass is 10.0. The molecule has 1 heterocycles. The zero-order chi connectivity index (χ0) is 11.8. The van der Waals surface area contributed by atoms with Gasteiger partial charge in [-0.25, -0.2) is 8.42 Å². The van der Waals surface area contributed by atoms with Gasteiger partial charge in [-0.2, -0.15) is 0 Å². The van der Waals surface area contributed by atoms with Crippen LogP contribution in [0.5, 0.6) is 0 Å². The summed E-state index contributed by atoms with van der Waals surface area (Å²) < 4.78 is 23.4. The molecular formula is C11H13NO3S. The average Bonchev–Trinajstić information content (AvgIpc) is 2.15. The Balaban J connectivity index is 2.43. The molecule has 0 saturated carbocycles. The molecule has 0 aromatic heterocycles. The summed E-state index contributed by atoms with van der Waals surface area (Å²) in [5, 5.41) is 0. The normalized spacial score (nSPS) is 17.8. The number of aryl methyl sites for hydroxylation is 1. The monoisotopic (exact) mass is 239 g/mol. The zero-order valence-corrected chi connectivity index (χ0v) is 9.59. The van der Waals surface area contributed by atoms with Crippen LogP contribution in [0.25, 0.3) is 0 Å². The summed E-state index contributed by atoms with van der Waals surface area (Å²) in [5.74, 6) is -0.187. The Hall–Kier alpha value is -1.36. The lowest BCUT2D eigenvalue weighted by Gasteiger charge is -2.16. The van der Waals surface area contributed by atoms with Gasteiger partial charge in [0.25, 0.3) is 0 Å². The molecule has 0 unspecified atom stereocenters. The standard InChI is InChI=1S/C11H13NO3S/c12-11(13)7-8-3-4-10-9(6-8)2-1-5-16(10,14)15/h3-4,6H,1-2,5,7H2,(H2,12,13). The maximum absolute atomic E-state index is 11.7. The Bertz CT molecular complexity index is 534. The van der Waals surface area contributed by atoms with Crippen LogP contribution in [0.15, 0.2) is 23.1 Å². The number of sulfone groups is 1. The number of hydrogen-bond acceptors (Lipinski definition) is 3. The summed E-state index contributed by atoms with van der Waals surface area (Å²) >= 11 is 0. The van der Waals surface area contributed by atoms with Crippen molar-refractivity contribution < 1.29 is 13.2 Å². The maximum atomic E-state index is 11.7. The fraction of sp³-hybridized carbons (Fsp3) is 0.364. The molecule has 86 valence electrons. The smallest absolute Gasteiger partial charge is 0.221 e. The van der Waals surface area contributed by atoms with E-state index in [1.54, 1.807) is 18.2 Å². The lowest BCUT2D eigenvalue weighted by molar-refractivity contribution is -0.117. The number of carbonyl (C=O) groups is 1. The second-order valence-electron chi connectivity index (χ2n) is 4.01. The number of primary amides is 1. The van der Waals surface area contributed by atoms with E-state index in [0.717, 1.165) is 17.5 Å². The third-order valence-corrected chi connectivity index (χ3v) is 4.59. The van der Waals surface area contributed by atoms with Gasteiger partial charge in [-0.3, -0.25) is 4.79 Å². The second-order valence-corrected chi connectivity index (χ2v) is 6.09. The van der Waals surface area contributed by atoms with Gasteiger partial charge in [-0.15, -0.1) is 0 Å². The van der Waals surface area contributed by atoms with E-state index >= 15 is 0 Å². The first kappa shape index (κ1) is 11.1.